The van der Waals surface area contributed by atoms with Gasteiger partial charge in [0, 0.05) is 5.92 Å². The van der Waals surface area contributed by atoms with E-state index in [0.717, 1.165) is 6.61 Å². The predicted octanol–water partition coefficient (Wildman–Crippen LogP) is 3.38. The molecule has 3 nitrogen and oxygen atoms in total. The van der Waals surface area contributed by atoms with Crippen molar-refractivity contribution >= 4 is 0 Å². The van der Waals surface area contributed by atoms with E-state index in [1.165, 1.54) is 5.56 Å². The van der Waals surface area contributed by atoms with Gasteiger partial charge in [0.25, 0.3) is 0 Å². The average molecular weight is 264 g/mol. The van der Waals surface area contributed by atoms with E-state index in [4.69, 9.17) is 14.2 Å². The third-order valence-corrected chi connectivity index (χ3v) is 3.49. The molecular formula is C16H24O3. The second kappa shape index (κ2) is 6.04. The van der Waals surface area contributed by atoms with Crippen LogP contribution in [0.15, 0.2) is 30.3 Å². The van der Waals surface area contributed by atoms with Crippen LogP contribution in [0, 0.1) is 5.92 Å². The van der Waals surface area contributed by atoms with Gasteiger partial charge in [0.1, 0.15) is 0 Å². The first kappa shape index (κ1) is 14.5. The molecular weight excluding hydrogens is 240 g/mol. The van der Waals surface area contributed by atoms with Crippen molar-refractivity contribution in [3.63, 3.8) is 0 Å². The molecule has 0 N–H and O–H groups in total. The fourth-order valence-corrected chi connectivity index (χ4v) is 2.36. The van der Waals surface area contributed by atoms with Crippen molar-refractivity contribution in [1.82, 2.24) is 0 Å². The summed E-state index contributed by atoms with van der Waals surface area (Å²) < 4.78 is 17.6. The van der Waals surface area contributed by atoms with Gasteiger partial charge in [0.2, 0.25) is 0 Å². The predicted molar refractivity (Wildman–Crippen MR) is 74.8 cm³/mol. The molecule has 3 heteroatoms. The fourth-order valence-electron chi connectivity index (χ4n) is 2.36. The Kier molecular flexibility index (Phi) is 4.61. The molecule has 0 bridgehead atoms. The zero-order valence-electron chi connectivity index (χ0n) is 12.3. The minimum atomic E-state index is -0.512. The summed E-state index contributed by atoms with van der Waals surface area (Å²) in [7, 11) is 0. The second-order valence-corrected chi connectivity index (χ2v) is 5.77. The maximum atomic E-state index is 5.99. The normalized spacial score (nSPS) is 28.0. The highest BCUT2D eigenvalue weighted by Gasteiger charge is 2.37. The van der Waals surface area contributed by atoms with Gasteiger partial charge in [-0.05, 0) is 26.3 Å². The zero-order chi connectivity index (χ0) is 13.9. The first-order valence-corrected chi connectivity index (χ1v) is 6.95. The van der Waals surface area contributed by atoms with E-state index in [1.807, 2.05) is 32.0 Å². The van der Waals surface area contributed by atoms with Gasteiger partial charge in [-0.3, -0.25) is 0 Å². The first-order chi connectivity index (χ1) is 8.98. The lowest BCUT2D eigenvalue weighted by Crippen LogP contribution is -2.49. The molecule has 106 valence electrons. The van der Waals surface area contributed by atoms with Gasteiger partial charge in [-0.1, -0.05) is 37.3 Å². The van der Waals surface area contributed by atoms with Crippen LogP contribution in [0.3, 0.4) is 0 Å². The Bertz CT molecular complexity index is 388. The van der Waals surface area contributed by atoms with Crippen LogP contribution in [-0.4, -0.2) is 24.6 Å². The topological polar surface area (TPSA) is 27.7 Å². The molecule has 0 amide bonds. The maximum absolute atomic E-state index is 5.99. The molecule has 1 aliphatic rings. The molecule has 3 atom stereocenters. The number of hydrogen-bond donors (Lipinski definition) is 0. The summed E-state index contributed by atoms with van der Waals surface area (Å²) in [5.74, 6) is -0.166. The van der Waals surface area contributed by atoms with E-state index in [1.54, 1.807) is 0 Å². The smallest absolute Gasteiger partial charge is 0.163 e. The van der Waals surface area contributed by atoms with E-state index < -0.39 is 5.79 Å². The number of benzene rings is 1. The first-order valence-electron chi connectivity index (χ1n) is 6.95. The van der Waals surface area contributed by atoms with Crippen LogP contribution in [-0.2, 0) is 20.8 Å². The Labute approximate surface area is 115 Å². The summed E-state index contributed by atoms with van der Waals surface area (Å²) in [5.41, 5.74) is 1.19. The molecule has 1 aromatic carbocycles. The Morgan fingerprint density at radius 2 is 2.00 bits per heavy atom. The second-order valence-electron chi connectivity index (χ2n) is 5.77. The van der Waals surface area contributed by atoms with Crippen molar-refractivity contribution < 1.29 is 14.2 Å². The standard InChI is InChI=1S/C16H24O3/c1-12-10-18-16(3,4)19-15(12)13(2)17-11-14-8-6-5-7-9-14/h5-9,12-13,15H,10-11H2,1-4H3/t12-,13-,15-/m0/s1. The van der Waals surface area contributed by atoms with Crippen molar-refractivity contribution in [3.05, 3.63) is 35.9 Å². The van der Waals surface area contributed by atoms with Crippen molar-refractivity contribution in [2.75, 3.05) is 6.61 Å². The lowest BCUT2D eigenvalue weighted by atomic mass is 9.99. The highest BCUT2D eigenvalue weighted by molar-refractivity contribution is 5.13. The number of rotatable bonds is 4. The largest absolute Gasteiger partial charge is 0.371 e. The molecule has 1 heterocycles. The molecule has 1 fully saturated rings. The van der Waals surface area contributed by atoms with E-state index in [9.17, 15) is 0 Å². The Morgan fingerprint density at radius 1 is 1.32 bits per heavy atom. The molecule has 19 heavy (non-hydrogen) atoms. The molecule has 0 aliphatic carbocycles. The third-order valence-electron chi connectivity index (χ3n) is 3.49. The minimum absolute atomic E-state index is 0.0541. The molecule has 1 aromatic rings. The third kappa shape index (κ3) is 4.03. The van der Waals surface area contributed by atoms with Gasteiger partial charge in [-0.2, -0.15) is 0 Å². The number of ether oxygens (including phenoxy) is 3. The number of hydrogen-bond acceptors (Lipinski definition) is 3. The highest BCUT2D eigenvalue weighted by atomic mass is 16.7. The van der Waals surface area contributed by atoms with Gasteiger partial charge >= 0.3 is 0 Å². The molecule has 1 aliphatic heterocycles. The zero-order valence-corrected chi connectivity index (χ0v) is 12.3. The maximum Gasteiger partial charge on any atom is 0.163 e. The van der Waals surface area contributed by atoms with Crippen LogP contribution in [0.2, 0.25) is 0 Å². The van der Waals surface area contributed by atoms with E-state index in [2.05, 4.69) is 26.0 Å². The summed E-state index contributed by atoms with van der Waals surface area (Å²) in [4.78, 5) is 0. The average Bonchev–Trinajstić information content (AvgIpc) is 2.40. The van der Waals surface area contributed by atoms with Gasteiger partial charge in [0.15, 0.2) is 5.79 Å². The fraction of sp³-hybridized carbons (Fsp3) is 0.625. The Balaban J connectivity index is 1.90. The van der Waals surface area contributed by atoms with Gasteiger partial charge in [-0.15, -0.1) is 0 Å². The molecule has 0 aromatic heterocycles. The summed E-state index contributed by atoms with van der Waals surface area (Å²) in [6, 6.07) is 10.2. The molecule has 0 saturated carbocycles. The van der Waals surface area contributed by atoms with Crippen molar-refractivity contribution in [3.8, 4) is 0 Å². The molecule has 0 radical (unpaired) electrons. The summed E-state index contributed by atoms with van der Waals surface area (Å²) in [6.07, 6.45) is 0.130. The van der Waals surface area contributed by atoms with Gasteiger partial charge in [-0.25, -0.2) is 0 Å². The lowest BCUT2D eigenvalue weighted by Gasteiger charge is -2.42. The van der Waals surface area contributed by atoms with Gasteiger partial charge in [0.05, 0.1) is 25.4 Å². The quantitative estimate of drug-likeness (QED) is 0.834. The molecule has 0 spiro atoms. The summed E-state index contributed by atoms with van der Waals surface area (Å²) >= 11 is 0. The SMILES string of the molecule is C[C@H](OCc1ccccc1)[C@H]1OC(C)(C)OC[C@@H]1C. The van der Waals surface area contributed by atoms with E-state index in [-0.39, 0.29) is 12.2 Å². The van der Waals surface area contributed by atoms with Crippen LogP contribution in [0.1, 0.15) is 33.3 Å². The van der Waals surface area contributed by atoms with Crippen LogP contribution in [0.25, 0.3) is 0 Å². The van der Waals surface area contributed by atoms with E-state index in [0.29, 0.717) is 12.5 Å². The highest BCUT2D eigenvalue weighted by Crippen LogP contribution is 2.29. The van der Waals surface area contributed by atoms with Gasteiger partial charge < -0.3 is 14.2 Å². The Hall–Kier alpha value is -0.900. The summed E-state index contributed by atoms with van der Waals surface area (Å²) in [5, 5.41) is 0. The van der Waals surface area contributed by atoms with Crippen LogP contribution >= 0.6 is 0 Å². The van der Waals surface area contributed by atoms with Crippen molar-refractivity contribution in [1.29, 1.82) is 0 Å². The van der Waals surface area contributed by atoms with Crippen LogP contribution < -0.4 is 0 Å². The lowest BCUT2D eigenvalue weighted by molar-refractivity contribution is -0.308. The summed E-state index contributed by atoms with van der Waals surface area (Å²) in [6.45, 7) is 9.46. The van der Waals surface area contributed by atoms with Crippen LogP contribution in [0.5, 0.6) is 0 Å². The molecule has 1 saturated heterocycles. The molecule has 0 unspecified atom stereocenters. The van der Waals surface area contributed by atoms with Crippen molar-refractivity contribution in [2.45, 2.75) is 52.3 Å². The monoisotopic (exact) mass is 264 g/mol. The Morgan fingerprint density at radius 3 is 2.68 bits per heavy atom. The van der Waals surface area contributed by atoms with Crippen molar-refractivity contribution in [2.24, 2.45) is 5.92 Å². The van der Waals surface area contributed by atoms with E-state index >= 15 is 0 Å². The van der Waals surface area contributed by atoms with Crippen LogP contribution in [0.4, 0.5) is 0 Å². The minimum Gasteiger partial charge on any atom is -0.371 e. The molecule has 2 rings (SSSR count).